The number of rotatable bonds is 1. The van der Waals surface area contributed by atoms with Crippen LogP contribution in [0.5, 0.6) is 0 Å². The first-order chi connectivity index (χ1) is 7.09. The van der Waals surface area contributed by atoms with E-state index in [0.717, 1.165) is 21.2 Å². The van der Waals surface area contributed by atoms with Crippen LogP contribution in [-0.4, -0.2) is 9.78 Å². The van der Waals surface area contributed by atoms with Gasteiger partial charge in [-0.2, -0.15) is 5.10 Å². The average Bonchev–Trinajstić information content (AvgIpc) is 2.53. The van der Waals surface area contributed by atoms with Crippen molar-refractivity contribution in [1.82, 2.24) is 9.78 Å². The first kappa shape index (κ1) is 11.2. The molecule has 1 aromatic rings. The maximum atomic E-state index is 6.01. The monoisotopic (exact) mass is 319 g/mol. The van der Waals surface area contributed by atoms with E-state index in [-0.39, 0.29) is 0 Å². The molecular formula is C11H18IN3. The highest BCUT2D eigenvalue weighted by Gasteiger charge is 2.27. The topological polar surface area (TPSA) is 43.8 Å². The Morgan fingerprint density at radius 2 is 2.13 bits per heavy atom. The minimum Gasteiger partial charge on any atom is -0.383 e. The van der Waals surface area contributed by atoms with Gasteiger partial charge in [-0.25, -0.2) is 4.68 Å². The molecule has 4 heteroatoms. The molecule has 3 unspecified atom stereocenters. The molecule has 2 N–H and O–H groups in total. The van der Waals surface area contributed by atoms with Gasteiger partial charge in [0.25, 0.3) is 0 Å². The van der Waals surface area contributed by atoms with Crippen LogP contribution in [-0.2, 0) is 0 Å². The maximum absolute atomic E-state index is 6.01. The molecule has 0 aliphatic heterocycles. The second-order valence-corrected chi connectivity index (χ2v) is 5.91. The average molecular weight is 319 g/mol. The maximum Gasteiger partial charge on any atom is 0.135 e. The molecule has 1 aromatic heterocycles. The summed E-state index contributed by atoms with van der Waals surface area (Å²) in [5.74, 6) is 2.46. The smallest absolute Gasteiger partial charge is 0.135 e. The fourth-order valence-corrected chi connectivity index (χ4v) is 2.75. The van der Waals surface area contributed by atoms with Gasteiger partial charge in [0.2, 0.25) is 0 Å². The molecule has 3 nitrogen and oxygen atoms in total. The SMILES string of the molecule is CC1CCC(n2ncc(I)c2N)CC1C. The van der Waals surface area contributed by atoms with Crippen LogP contribution >= 0.6 is 22.6 Å². The molecule has 0 saturated heterocycles. The minimum absolute atomic E-state index is 0.514. The molecule has 1 aliphatic rings. The van der Waals surface area contributed by atoms with E-state index in [1.54, 1.807) is 0 Å². The Hall–Kier alpha value is -0.260. The van der Waals surface area contributed by atoms with E-state index in [1.165, 1.54) is 19.3 Å². The second kappa shape index (κ2) is 4.31. The minimum atomic E-state index is 0.514. The van der Waals surface area contributed by atoms with Crippen LogP contribution in [0.15, 0.2) is 6.20 Å². The van der Waals surface area contributed by atoms with Crippen molar-refractivity contribution in [1.29, 1.82) is 0 Å². The highest BCUT2D eigenvalue weighted by Crippen LogP contribution is 2.37. The summed E-state index contributed by atoms with van der Waals surface area (Å²) in [6.07, 6.45) is 5.58. The first-order valence-electron chi connectivity index (χ1n) is 5.58. The summed E-state index contributed by atoms with van der Waals surface area (Å²) in [5, 5.41) is 4.38. The molecule has 1 saturated carbocycles. The molecule has 0 amide bonds. The van der Waals surface area contributed by atoms with E-state index in [2.05, 4.69) is 41.5 Å². The highest BCUT2D eigenvalue weighted by molar-refractivity contribution is 14.1. The zero-order valence-electron chi connectivity index (χ0n) is 9.28. The molecule has 0 spiro atoms. The predicted molar refractivity (Wildman–Crippen MR) is 70.6 cm³/mol. The number of anilines is 1. The predicted octanol–water partition coefficient (Wildman–Crippen LogP) is 3.07. The van der Waals surface area contributed by atoms with E-state index < -0.39 is 0 Å². The third-order valence-electron chi connectivity index (χ3n) is 3.70. The van der Waals surface area contributed by atoms with Crippen molar-refractivity contribution in [3.63, 3.8) is 0 Å². The van der Waals surface area contributed by atoms with E-state index >= 15 is 0 Å². The van der Waals surface area contributed by atoms with Crippen molar-refractivity contribution in [2.75, 3.05) is 5.73 Å². The molecule has 3 atom stereocenters. The summed E-state index contributed by atoms with van der Waals surface area (Å²) in [7, 11) is 0. The van der Waals surface area contributed by atoms with Gasteiger partial charge < -0.3 is 5.73 Å². The molecular weight excluding hydrogens is 301 g/mol. The van der Waals surface area contributed by atoms with Crippen molar-refractivity contribution in [2.24, 2.45) is 11.8 Å². The van der Waals surface area contributed by atoms with Crippen molar-refractivity contribution < 1.29 is 0 Å². The molecule has 1 heterocycles. The summed E-state index contributed by atoms with van der Waals surface area (Å²) in [6, 6.07) is 0.514. The van der Waals surface area contributed by atoms with Gasteiger partial charge in [-0.3, -0.25) is 0 Å². The van der Waals surface area contributed by atoms with Gasteiger partial charge in [-0.05, 0) is 53.7 Å². The molecule has 0 aromatic carbocycles. The van der Waals surface area contributed by atoms with E-state index in [1.807, 2.05) is 10.9 Å². The third kappa shape index (κ3) is 2.14. The van der Waals surface area contributed by atoms with E-state index in [0.29, 0.717) is 6.04 Å². The van der Waals surface area contributed by atoms with Crippen molar-refractivity contribution in [3.8, 4) is 0 Å². The number of nitrogen functional groups attached to an aromatic ring is 1. The summed E-state index contributed by atoms with van der Waals surface area (Å²) in [5.41, 5.74) is 6.01. The largest absolute Gasteiger partial charge is 0.383 e. The standard InChI is InChI=1S/C11H18IN3/c1-7-3-4-9(5-8(7)2)15-11(13)10(12)6-14-15/h6-9H,3-5,13H2,1-2H3. The molecule has 0 bridgehead atoms. The summed E-state index contributed by atoms with van der Waals surface area (Å²) < 4.78 is 3.09. The number of nitrogens with two attached hydrogens (primary N) is 1. The van der Waals surface area contributed by atoms with Crippen molar-refractivity contribution in [3.05, 3.63) is 9.77 Å². The molecule has 1 aliphatic carbocycles. The molecule has 1 fully saturated rings. The Morgan fingerprint density at radius 1 is 1.40 bits per heavy atom. The first-order valence-corrected chi connectivity index (χ1v) is 6.66. The Bertz CT molecular complexity index is 348. The third-order valence-corrected chi connectivity index (χ3v) is 4.53. The number of aromatic nitrogens is 2. The summed E-state index contributed by atoms with van der Waals surface area (Å²) >= 11 is 2.24. The highest BCUT2D eigenvalue weighted by atomic mass is 127. The molecule has 2 rings (SSSR count). The quantitative estimate of drug-likeness (QED) is 0.809. The fourth-order valence-electron chi connectivity index (χ4n) is 2.38. The zero-order chi connectivity index (χ0) is 11.0. The Morgan fingerprint density at radius 3 is 2.67 bits per heavy atom. The van der Waals surface area contributed by atoms with Gasteiger partial charge in [0.1, 0.15) is 5.82 Å². The summed E-state index contributed by atoms with van der Waals surface area (Å²) in [6.45, 7) is 4.68. The Balaban J connectivity index is 2.15. The number of halogens is 1. The summed E-state index contributed by atoms with van der Waals surface area (Å²) in [4.78, 5) is 0. The van der Waals surface area contributed by atoms with Gasteiger partial charge in [-0.15, -0.1) is 0 Å². The number of hydrogen-bond acceptors (Lipinski definition) is 2. The van der Waals surface area contributed by atoms with Gasteiger partial charge >= 0.3 is 0 Å². The Kier molecular flexibility index (Phi) is 3.23. The van der Waals surface area contributed by atoms with Gasteiger partial charge in [0.05, 0.1) is 15.8 Å². The van der Waals surface area contributed by atoms with Crippen LogP contribution in [0.25, 0.3) is 0 Å². The Labute approximate surface area is 105 Å². The number of hydrogen-bond donors (Lipinski definition) is 1. The second-order valence-electron chi connectivity index (χ2n) is 4.74. The van der Waals surface area contributed by atoms with Gasteiger partial charge in [0, 0.05) is 0 Å². The van der Waals surface area contributed by atoms with Crippen LogP contribution in [0, 0.1) is 15.4 Å². The van der Waals surface area contributed by atoms with Crippen LogP contribution in [0.4, 0.5) is 5.82 Å². The fraction of sp³-hybridized carbons (Fsp3) is 0.727. The lowest BCUT2D eigenvalue weighted by molar-refractivity contribution is 0.202. The van der Waals surface area contributed by atoms with Crippen LogP contribution in [0.3, 0.4) is 0 Å². The number of nitrogens with zero attached hydrogens (tertiary/aromatic N) is 2. The van der Waals surface area contributed by atoms with Crippen LogP contribution in [0.2, 0.25) is 0 Å². The normalized spacial score (nSPS) is 31.8. The van der Waals surface area contributed by atoms with E-state index in [4.69, 9.17) is 5.73 Å². The molecule has 0 radical (unpaired) electrons. The van der Waals surface area contributed by atoms with Gasteiger partial charge in [-0.1, -0.05) is 13.8 Å². The van der Waals surface area contributed by atoms with Gasteiger partial charge in [0.15, 0.2) is 0 Å². The lowest BCUT2D eigenvalue weighted by Gasteiger charge is -2.32. The molecule has 84 valence electrons. The molecule has 15 heavy (non-hydrogen) atoms. The van der Waals surface area contributed by atoms with Crippen molar-refractivity contribution >= 4 is 28.4 Å². The zero-order valence-corrected chi connectivity index (χ0v) is 11.4. The van der Waals surface area contributed by atoms with E-state index in [9.17, 15) is 0 Å². The lowest BCUT2D eigenvalue weighted by Crippen LogP contribution is -2.24. The van der Waals surface area contributed by atoms with Crippen LogP contribution in [0.1, 0.15) is 39.2 Å². The van der Waals surface area contributed by atoms with Crippen LogP contribution < -0.4 is 5.73 Å². The lowest BCUT2D eigenvalue weighted by atomic mass is 9.79. The van der Waals surface area contributed by atoms with Crippen molar-refractivity contribution in [2.45, 2.75) is 39.2 Å².